The summed E-state index contributed by atoms with van der Waals surface area (Å²) in [4.78, 5) is 17.2. The highest BCUT2D eigenvalue weighted by molar-refractivity contribution is 6.05. The number of benzene rings is 1. The second kappa shape index (κ2) is 5.22. The van der Waals surface area contributed by atoms with Gasteiger partial charge in [0.2, 0.25) is 5.60 Å². The second-order valence-electron chi connectivity index (χ2n) is 4.54. The van der Waals surface area contributed by atoms with E-state index in [-0.39, 0.29) is 11.7 Å². The normalized spacial score (nSPS) is 21.5. The van der Waals surface area contributed by atoms with Crippen LogP contribution in [-0.4, -0.2) is 23.8 Å². The standard InChI is InChI=1S/C14H15FN2O2/c1-3-8-16-13(18)14(2)9-12(17-19-14)10-4-6-11(15)7-5-10/h3-7H,1,8-9H2,2H3,(H,16,18). The lowest BCUT2D eigenvalue weighted by Crippen LogP contribution is -2.44. The summed E-state index contributed by atoms with van der Waals surface area (Å²) in [6.45, 7) is 5.58. The monoisotopic (exact) mass is 262 g/mol. The fourth-order valence-electron chi connectivity index (χ4n) is 1.81. The highest BCUT2D eigenvalue weighted by atomic mass is 19.1. The van der Waals surface area contributed by atoms with Crippen LogP contribution in [0.2, 0.25) is 0 Å². The van der Waals surface area contributed by atoms with Gasteiger partial charge in [0.1, 0.15) is 5.82 Å². The maximum atomic E-state index is 12.8. The molecule has 0 aliphatic carbocycles. The number of nitrogens with zero attached hydrogens (tertiary/aromatic N) is 1. The molecule has 1 aromatic carbocycles. The highest BCUT2D eigenvalue weighted by Crippen LogP contribution is 2.26. The maximum Gasteiger partial charge on any atom is 0.267 e. The van der Waals surface area contributed by atoms with Crippen molar-refractivity contribution in [1.29, 1.82) is 0 Å². The van der Waals surface area contributed by atoms with Gasteiger partial charge >= 0.3 is 0 Å². The van der Waals surface area contributed by atoms with Gasteiger partial charge in [-0.1, -0.05) is 23.4 Å². The first-order valence-electron chi connectivity index (χ1n) is 5.95. The predicted octanol–water partition coefficient (Wildman–Crippen LogP) is 2.01. The largest absolute Gasteiger partial charge is 0.379 e. The van der Waals surface area contributed by atoms with Crippen LogP contribution >= 0.6 is 0 Å². The summed E-state index contributed by atoms with van der Waals surface area (Å²) in [6, 6.07) is 5.94. The third-order valence-electron chi connectivity index (χ3n) is 2.93. The van der Waals surface area contributed by atoms with Gasteiger partial charge in [0.25, 0.3) is 5.91 Å². The Morgan fingerprint density at radius 2 is 2.26 bits per heavy atom. The molecule has 1 amide bonds. The zero-order valence-electron chi connectivity index (χ0n) is 10.6. The van der Waals surface area contributed by atoms with Gasteiger partial charge in [0.05, 0.1) is 5.71 Å². The van der Waals surface area contributed by atoms with Gasteiger partial charge in [-0.25, -0.2) is 4.39 Å². The van der Waals surface area contributed by atoms with Crippen LogP contribution in [0.4, 0.5) is 4.39 Å². The van der Waals surface area contributed by atoms with Crippen molar-refractivity contribution in [3.8, 4) is 0 Å². The number of rotatable bonds is 4. The van der Waals surface area contributed by atoms with Crippen molar-refractivity contribution in [2.24, 2.45) is 5.16 Å². The van der Waals surface area contributed by atoms with Crippen LogP contribution in [-0.2, 0) is 9.63 Å². The lowest BCUT2D eigenvalue weighted by molar-refractivity contribution is -0.141. The summed E-state index contributed by atoms with van der Waals surface area (Å²) in [6.07, 6.45) is 1.94. The molecule has 0 fully saturated rings. The van der Waals surface area contributed by atoms with E-state index in [1.807, 2.05) is 0 Å². The summed E-state index contributed by atoms with van der Waals surface area (Å²) in [7, 11) is 0. The zero-order valence-corrected chi connectivity index (χ0v) is 10.6. The molecule has 1 aliphatic heterocycles. The summed E-state index contributed by atoms with van der Waals surface area (Å²) < 4.78 is 12.8. The van der Waals surface area contributed by atoms with Crippen LogP contribution in [0.5, 0.6) is 0 Å². The Morgan fingerprint density at radius 1 is 1.58 bits per heavy atom. The first kappa shape index (κ1) is 13.3. The maximum absolute atomic E-state index is 12.8. The molecular formula is C14H15FN2O2. The van der Waals surface area contributed by atoms with Gasteiger partial charge < -0.3 is 10.2 Å². The lowest BCUT2D eigenvalue weighted by Gasteiger charge is -2.19. The smallest absolute Gasteiger partial charge is 0.267 e. The molecule has 1 atom stereocenters. The molecule has 19 heavy (non-hydrogen) atoms. The van der Waals surface area contributed by atoms with E-state index in [0.717, 1.165) is 5.56 Å². The third-order valence-corrected chi connectivity index (χ3v) is 2.93. The van der Waals surface area contributed by atoms with Crippen molar-refractivity contribution in [3.05, 3.63) is 48.3 Å². The predicted molar refractivity (Wildman–Crippen MR) is 70.3 cm³/mol. The number of halogens is 1. The van der Waals surface area contributed by atoms with E-state index in [1.165, 1.54) is 12.1 Å². The fourth-order valence-corrected chi connectivity index (χ4v) is 1.81. The Bertz CT molecular complexity index is 525. The van der Waals surface area contributed by atoms with Crippen molar-refractivity contribution < 1.29 is 14.0 Å². The SMILES string of the molecule is C=CCNC(=O)C1(C)CC(c2ccc(F)cc2)=NO1. The van der Waals surface area contributed by atoms with E-state index in [9.17, 15) is 9.18 Å². The number of nitrogens with one attached hydrogen (secondary N) is 1. The van der Waals surface area contributed by atoms with Gasteiger partial charge in [-0.3, -0.25) is 4.79 Å². The molecule has 0 aromatic heterocycles. The minimum Gasteiger partial charge on any atom is -0.379 e. The molecule has 1 aromatic rings. The van der Waals surface area contributed by atoms with E-state index in [4.69, 9.17) is 4.84 Å². The Labute approximate surface area is 110 Å². The topological polar surface area (TPSA) is 50.7 Å². The first-order chi connectivity index (χ1) is 9.05. The molecule has 2 rings (SSSR count). The average molecular weight is 262 g/mol. The van der Waals surface area contributed by atoms with Crippen LogP contribution in [0.1, 0.15) is 18.9 Å². The molecular weight excluding hydrogens is 247 g/mol. The number of carbonyl (C=O) groups excluding carboxylic acids is 1. The van der Waals surface area contributed by atoms with Crippen LogP contribution in [0.3, 0.4) is 0 Å². The molecule has 100 valence electrons. The summed E-state index contributed by atoms with van der Waals surface area (Å²) >= 11 is 0. The zero-order chi connectivity index (χ0) is 13.9. The van der Waals surface area contributed by atoms with Crippen LogP contribution in [0.25, 0.3) is 0 Å². The molecule has 1 N–H and O–H groups in total. The summed E-state index contributed by atoms with van der Waals surface area (Å²) in [5.74, 6) is -0.553. The van der Waals surface area contributed by atoms with Crippen molar-refractivity contribution in [1.82, 2.24) is 5.32 Å². The van der Waals surface area contributed by atoms with Crippen molar-refractivity contribution in [2.45, 2.75) is 18.9 Å². The van der Waals surface area contributed by atoms with Crippen molar-refractivity contribution >= 4 is 11.6 Å². The highest BCUT2D eigenvalue weighted by Gasteiger charge is 2.41. The number of oxime groups is 1. The molecule has 5 heteroatoms. The molecule has 1 aliphatic rings. The van der Waals surface area contributed by atoms with Crippen molar-refractivity contribution in [2.75, 3.05) is 6.54 Å². The van der Waals surface area contributed by atoms with Crippen LogP contribution in [0.15, 0.2) is 42.1 Å². The summed E-state index contributed by atoms with van der Waals surface area (Å²) in [5, 5.41) is 6.61. The van der Waals surface area contributed by atoms with Gasteiger partial charge in [-0.15, -0.1) is 6.58 Å². The van der Waals surface area contributed by atoms with Crippen molar-refractivity contribution in [3.63, 3.8) is 0 Å². The van der Waals surface area contributed by atoms with Gasteiger partial charge in [-0.2, -0.15) is 0 Å². The quantitative estimate of drug-likeness (QED) is 0.844. The molecule has 4 nitrogen and oxygen atoms in total. The number of hydrogen-bond acceptors (Lipinski definition) is 3. The van der Waals surface area contributed by atoms with Crippen LogP contribution < -0.4 is 5.32 Å². The third kappa shape index (κ3) is 2.81. The Balaban J connectivity index is 2.07. The molecule has 0 saturated carbocycles. The minimum absolute atomic E-state index is 0.242. The number of hydrogen-bond donors (Lipinski definition) is 1. The number of carbonyl (C=O) groups is 1. The van der Waals surface area contributed by atoms with E-state index in [0.29, 0.717) is 18.7 Å². The number of amides is 1. The molecule has 1 unspecified atom stereocenters. The molecule has 0 bridgehead atoms. The molecule has 1 heterocycles. The Kier molecular flexibility index (Phi) is 3.64. The van der Waals surface area contributed by atoms with Gasteiger partial charge in [0, 0.05) is 13.0 Å². The van der Waals surface area contributed by atoms with E-state index >= 15 is 0 Å². The molecule has 0 radical (unpaired) electrons. The van der Waals surface area contributed by atoms with Crippen LogP contribution in [0, 0.1) is 5.82 Å². The van der Waals surface area contributed by atoms with Gasteiger partial charge in [0.15, 0.2) is 0 Å². The lowest BCUT2D eigenvalue weighted by atomic mass is 9.95. The van der Waals surface area contributed by atoms with E-state index in [2.05, 4.69) is 17.1 Å². The van der Waals surface area contributed by atoms with E-state index in [1.54, 1.807) is 25.1 Å². The first-order valence-corrected chi connectivity index (χ1v) is 5.95. The van der Waals surface area contributed by atoms with Gasteiger partial charge in [-0.05, 0) is 24.6 Å². The average Bonchev–Trinajstić information content (AvgIpc) is 2.81. The fraction of sp³-hybridized carbons (Fsp3) is 0.286. The van der Waals surface area contributed by atoms with E-state index < -0.39 is 5.60 Å². The molecule has 0 saturated heterocycles. The Morgan fingerprint density at radius 3 is 2.89 bits per heavy atom. The Hall–Kier alpha value is -2.17. The molecule has 0 spiro atoms. The second-order valence-corrected chi connectivity index (χ2v) is 4.54. The minimum atomic E-state index is -1.02. The summed E-state index contributed by atoms with van der Waals surface area (Å²) in [5.41, 5.74) is 0.366.